The van der Waals surface area contributed by atoms with E-state index in [9.17, 15) is 9.90 Å². The zero-order valence-corrected chi connectivity index (χ0v) is 16.5. The van der Waals surface area contributed by atoms with Gasteiger partial charge < -0.3 is 5.11 Å². The lowest BCUT2D eigenvalue weighted by molar-refractivity contribution is -0.113. The Hall–Kier alpha value is -3.15. The number of benzene rings is 3. The zero-order chi connectivity index (χ0) is 20.1. The minimum Gasteiger partial charge on any atom is -0.392 e. The summed E-state index contributed by atoms with van der Waals surface area (Å²) < 4.78 is 0. The maximum atomic E-state index is 13.2. The van der Waals surface area contributed by atoms with Gasteiger partial charge in [-0.1, -0.05) is 72.8 Å². The fraction of sp³-hybridized carbons (Fsp3) is 0.0833. The number of nitrogens with zero attached hydrogens (tertiary/aromatic N) is 2. The molecule has 0 aliphatic carbocycles. The van der Waals surface area contributed by atoms with Crippen LogP contribution in [-0.2, 0) is 17.9 Å². The summed E-state index contributed by atoms with van der Waals surface area (Å²) in [6, 6.07) is 27.1. The van der Waals surface area contributed by atoms with E-state index >= 15 is 0 Å². The van der Waals surface area contributed by atoms with Crippen molar-refractivity contribution in [3.8, 4) is 0 Å². The molecule has 0 unspecified atom stereocenters. The molecule has 144 valence electrons. The number of amides is 1. The zero-order valence-electron chi connectivity index (χ0n) is 15.7. The van der Waals surface area contributed by atoms with Crippen molar-refractivity contribution in [2.24, 2.45) is 4.99 Å². The van der Waals surface area contributed by atoms with Gasteiger partial charge in [-0.3, -0.25) is 14.7 Å². The third-order valence-corrected chi connectivity index (χ3v) is 5.53. The minimum atomic E-state index is -0.0840. The summed E-state index contributed by atoms with van der Waals surface area (Å²) in [5, 5.41) is 9.88. The quantitative estimate of drug-likeness (QED) is 0.623. The Balaban J connectivity index is 1.66. The summed E-state index contributed by atoms with van der Waals surface area (Å²) in [4.78, 5) is 20.2. The van der Waals surface area contributed by atoms with Gasteiger partial charge in [-0.2, -0.15) is 0 Å². The van der Waals surface area contributed by atoms with Crippen LogP contribution in [-0.4, -0.2) is 16.2 Å². The third kappa shape index (κ3) is 4.47. The molecule has 0 saturated carbocycles. The lowest BCUT2D eigenvalue weighted by Crippen LogP contribution is -2.28. The number of rotatable bonds is 5. The maximum absolute atomic E-state index is 13.2. The van der Waals surface area contributed by atoms with Gasteiger partial charge >= 0.3 is 0 Å². The number of aliphatic imine (C=N–C) groups is 1. The number of hydrogen-bond acceptors (Lipinski definition) is 4. The largest absolute Gasteiger partial charge is 0.392 e. The molecule has 0 radical (unpaired) electrons. The first-order chi connectivity index (χ1) is 14.2. The van der Waals surface area contributed by atoms with Crippen LogP contribution in [0.5, 0.6) is 0 Å². The highest BCUT2D eigenvalue weighted by Crippen LogP contribution is 2.36. The van der Waals surface area contributed by atoms with Crippen molar-refractivity contribution in [3.63, 3.8) is 0 Å². The van der Waals surface area contributed by atoms with Gasteiger partial charge in [0.05, 0.1) is 23.7 Å². The van der Waals surface area contributed by atoms with E-state index in [4.69, 9.17) is 4.99 Å². The van der Waals surface area contributed by atoms with Gasteiger partial charge in [0.2, 0.25) is 0 Å². The Morgan fingerprint density at radius 3 is 2.17 bits per heavy atom. The molecular formula is C24H20N2O2S. The molecule has 0 bridgehead atoms. The van der Waals surface area contributed by atoms with E-state index in [-0.39, 0.29) is 12.5 Å². The van der Waals surface area contributed by atoms with Crippen LogP contribution in [0, 0.1) is 0 Å². The molecule has 1 amide bonds. The molecule has 1 aliphatic heterocycles. The van der Waals surface area contributed by atoms with E-state index < -0.39 is 0 Å². The SMILES string of the molecule is O=C1/C(=C/c2ccc(CO)cc2)SC(=NCc2ccccc2)N1c1ccccc1. The van der Waals surface area contributed by atoms with Crippen LogP contribution >= 0.6 is 11.8 Å². The predicted octanol–water partition coefficient (Wildman–Crippen LogP) is 4.86. The molecule has 4 rings (SSSR count). The summed E-state index contributed by atoms with van der Waals surface area (Å²) >= 11 is 1.38. The molecule has 1 saturated heterocycles. The van der Waals surface area contributed by atoms with Gasteiger partial charge in [0, 0.05) is 0 Å². The van der Waals surface area contributed by atoms with E-state index in [0.717, 1.165) is 22.4 Å². The average Bonchev–Trinajstić information content (AvgIpc) is 3.09. The fourth-order valence-corrected chi connectivity index (χ4v) is 3.98. The van der Waals surface area contributed by atoms with Gasteiger partial charge in [-0.05, 0) is 46.7 Å². The highest BCUT2D eigenvalue weighted by atomic mass is 32.2. The van der Waals surface area contributed by atoms with Crippen LogP contribution in [0.1, 0.15) is 16.7 Å². The Bertz CT molecular complexity index is 1050. The number of carbonyl (C=O) groups is 1. The monoisotopic (exact) mass is 400 g/mol. The molecule has 0 aromatic heterocycles. The standard InChI is InChI=1S/C24H20N2O2S/c27-17-20-13-11-18(12-14-20)15-22-23(28)26(21-9-5-2-6-10-21)24(29-22)25-16-19-7-3-1-4-8-19/h1-15,27H,16-17H2/b22-15-,25-24?. The van der Waals surface area contributed by atoms with Crippen molar-refractivity contribution < 1.29 is 9.90 Å². The summed E-state index contributed by atoms with van der Waals surface area (Å²) in [5.74, 6) is -0.0840. The number of carbonyl (C=O) groups excluding carboxylic acids is 1. The van der Waals surface area contributed by atoms with Crippen molar-refractivity contribution in [2.75, 3.05) is 4.90 Å². The first-order valence-electron chi connectivity index (χ1n) is 9.32. The van der Waals surface area contributed by atoms with E-state index in [1.807, 2.05) is 91.0 Å². The molecule has 1 N–H and O–H groups in total. The number of para-hydroxylation sites is 1. The maximum Gasteiger partial charge on any atom is 0.271 e. The van der Waals surface area contributed by atoms with Crippen LogP contribution < -0.4 is 4.90 Å². The smallest absolute Gasteiger partial charge is 0.271 e. The van der Waals surface area contributed by atoms with Crippen LogP contribution in [0.25, 0.3) is 6.08 Å². The predicted molar refractivity (Wildman–Crippen MR) is 119 cm³/mol. The first kappa shape index (κ1) is 19.2. The second-order valence-corrected chi connectivity index (χ2v) is 7.58. The number of aliphatic hydroxyl groups is 1. The molecule has 4 nitrogen and oxygen atoms in total. The Morgan fingerprint density at radius 1 is 0.862 bits per heavy atom. The molecule has 29 heavy (non-hydrogen) atoms. The molecule has 1 aliphatic rings. The molecular weight excluding hydrogens is 380 g/mol. The van der Waals surface area contributed by atoms with Gasteiger partial charge in [0.15, 0.2) is 5.17 Å². The second kappa shape index (κ2) is 8.90. The van der Waals surface area contributed by atoms with Gasteiger partial charge in [-0.15, -0.1) is 0 Å². The van der Waals surface area contributed by atoms with Crippen LogP contribution in [0.2, 0.25) is 0 Å². The van der Waals surface area contributed by atoms with Crippen LogP contribution in [0.15, 0.2) is 94.8 Å². The highest BCUT2D eigenvalue weighted by molar-refractivity contribution is 8.19. The van der Waals surface area contributed by atoms with Crippen LogP contribution in [0.4, 0.5) is 5.69 Å². The fourth-order valence-electron chi connectivity index (χ4n) is 3.00. The molecule has 0 atom stereocenters. The lowest BCUT2D eigenvalue weighted by atomic mass is 10.1. The van der Waals surface area contributed by atoms with Gasteiger partial charge in [0.25, 0.3) is 5.91 Å². The third-order valence-electron chi connectivity index (χ3n) is 4.52. The Labute approximate surface area is 174 Å². The number of anilines is 1. The Morgan fingerprint density at radius 2 is 1.52 bits per heavy atom. The summed E-state index contributed by atoms with van der Waals surface area (Å²) in [7, 11) is 0. The molecule has 3 aromatic rings. The van der Waals surface area contributed by atoms with E-state index in [2.05, 4.69) is 0 Å². The van der Waals surface area contributed by atoms with Crippen molar-refractivity contribution in [1.29, 1.82) is 0 Å². The summed E-state index contributed by atoms with van der Waals surface area (Å²) in [6.07, 6.45) is 1.87. The molecule has 5 heteroatoms. The van der Waals surface area contributed by atoms with E-state index in [1.54, 1.807) is 4.90 Å². The highest BCUT2D eigenvalue weighted by Gasteiger charge is 2.34. The molecule has 3 aromatic carbocycles. The molecule has 1 fully saturated rings. The van der Waals surface area contributed by atoms with Crippen molar-refractivity contribution >= 4 is 34.6 Å². The van der Waals surface area contributed by atoms with E-state index in [0.29, 0.717) is 16.6 Å². The summed E-state index contributed by atoms with van der Waals surface area (Å²) in [6.45, 7) is 0.515. The van der Waals surface area contributed by atoms with Crippen molar-refractivity contribution in [2.45, 2.75) is 13.2 Å². The minimum absolute atomic E-state index is 0.00259. The Kier molecular flexibility index (Phi) is 5.89. The van der Waals surface area contributed by atoms with Gasteiger partial charge in [0.1, 0.15) is 0 Å². The topological polar surface area (TPSA) is 52.9 Å². The number of aliphatic hydroxyl groups excluding tert-OH is 1. The van der Waals surface area contributed by atoms with Crippen LogP contribution in [0.3, 0.4) is 0 Å². The van der Waals surface area contributed by atoms with Crippen molar-refractivity contribution in [3.05, 3.63) is 107 Å². The van der Waals surface area contributed by atoms with Gasteiger partial charge in [-0.25, -0.2) is 0 Å². The van der Waals surface area contributed by atoms with E-state index in [1.165, 1.54) is 11.8 Å². The normalized spacial score (nSPS) is 16.7. The second-order valence-electron chi connectivity index (χ2n) is 6.57. The average molecular weight is 401 g/mol. The van der Waals surface area contributed by atoms with Crippen molar-refractivity contribution in [1.82, 2.24) is 0 Å². The first-order valence-corrected chi connectivity index (χ1v) is 10.1. The number of amidine groups is 1. The number of thioether (sulfide) groups is 1. The molecule has 0 spiro atoms. The summed E-state index contributed by atoms with van der Waals surface area (Å²) in [5.41, 5.74) is 3.65. The number of hydrogen-bond donors (Lipinski definition) is 1. The lowest BCUT2D eigenvalue weighted by Gasteiger charge is -2.15. The molecule has 1 heterocycles.